The van der Waals surface area contributed by atoms with Gasteiger partial charge in [0.1, 0.15) is 0 Å². The molecule has 0 bridgehead atoms. The van der Waals surface area contributed by atoms with E-state index < -0.39 is 11.4 Å². The maximum atomic E-state index is 11.6. The number of likely N-dealkylation sites (tertiary alicyclic amines) is 1. The summed E-state index contributed by atoms with van der Waals surface area (Å²) in [4.78, 5) is 13.9. The van der Waals surface area contributed by atoms with E-state index in [1.54, 1.807) is 0 Å². The van der Waals surface area contributed by atoms with Crippen molar-refractivity contribution < 1.29 is 9.90 Å². The molecule has 0 amide bonds. The molecule has 0 unspecified atom stereocenters. The fraction of sp³-hybridized carbons (Fsp3) is 0.923. The normalized spacial score (nSPS) is 27.1. The summed E-state index contributed by atoms with van der Waals surface area (Å²) in [7, 11) is 0. The Kier molecular flexibility index (Phi) is 3.53. The molecule has 1 aliphatic heterocycles. The molecule has 0 aromatic rings. The molecule has 1 N–H and O–H groups in total. The molecule has 3 heteroatoms. The molecule has 1 aliphatic carbocycles. The Bertz CT molecular complexity index is 251. The number of rotatable bonds is 3. The van der Waals surface area contributed by atoms with Crippen molar-refractivity contribution in [3.05, 3.63) is 0 Å². The summed E-state index contributed by atoms with van der Waals surface area (Å²) in [5, 5.41) is 9.52. The van der Waals surface area contributed by atoms with Crippen molar-refractivity contribution in [2.24, 2.45) is 11.3 Å². The highest BCUT2D eigenvalue weighted by atomic mass is 16.4. The molecule has 2 rings (SSSR count). The third kappa shape index (κ3) is 2.40. The molecule has 1 saturated carbocycles. The van der Waals surface area contributed by atoms with Gasteiger partial charge in [-0.25, -0.2) is 0 Å². The molecule has 0 atom stereocenters. The van der Waals surface area contributed by atoms with Crippen LogP contribution in [-0.2, 0) is 4.79 Å². The van der Waals surface area contributed by atoms with Gasteiger partial charge in [0.05, 0.1) is 5.41 Å². The van der Waals surface area contributed by atoms with E-state index in [0.717, 1.165) is 51.2 Å². The first kappa shape index (κ1) is 11.9. The van der Waals surface area contributed by atoms with Gasteiger partial charge >= 0.3 is 5.97 Å². The third-order valence-electron chi connectivity index (χ3n) is 4.18. The van der Waals surface area contributed by atoms with Crippen molar-refractivity contribution in [1.82, 2.24) is 4.90 Å². The van der Waals surface area contributed by atoms with Gasteiger partial charge in [-0.3, -0.25) is 4.79 Å². The summed E-state index contributed by atoms with van der Waals surface area (Å²) in [5.41, 5.74) is -0.434. The molecule has 2 aliphatic rings. The lowest BCUT2D eigenvalue weighted by molar-refractivity contribution is -0.152. The van der Waals surface area contributed by atoms with Crippen LogP contribution in [-0.4, -0.2) is 35.6 Å². The lowest BCUT2D eigenvalue weighted by Crippen LogP contribution is -2.52. The summed E-state index contributed by atoms with van der Waals surface area (Å²) in [6, 6.07) is 0. The minimum Gasteiger partial charge on any atom is -0.481 e. The van der Waals surface area contributed by atoms with Gasteiger partial charge in [0.25, 0.3) is 0 Å². The number of aliphatic carboxylic acids is 1. The van der Waals surface area contributed by atoms with Crippen LogP contribution in [0.2, 0.25) is 0 Å². The van der Waals surface area contributed by atoms with E-state index in [-0.39, 0.29) is 0 Å². The lowest BCUT2D eigenvalue weighted by atomic mass is 9.78. The van der Waals surface area contributed by atoms with Gasteiger partial charge in [0, 0.05) is 19.6 Å². The van der Waals surface area contributed by atoms with Crippen molar-refractivity contribution >= 4 is 5.97 Å². The molecule has 1 saturated heterocycles. The number of carboxylic acids is 1. The van der Waals surface area contributed by atoms with Gasteiger partial charge in [0.15, 0.2) is 0 Å². The average molecular weight is 225 g/mol. The first-order valence-corrected chi connectivity index (χ1v) is 6.58. The van der Waals surface area contributed by atoms with E-state index >= 15 is 0 Å². The van der Waals surface area contributed by atoms with E-state index in [2.05, 4.69) is 11.8 Å². The largest absolute Gasteiger partial charge is 0.481 e. The van der Waals surface area contributed by atoms with Crippen LogP contribution < -0.4 is 0 Å². The van der Waals surface area contributed by atoms with E-state index in [1.165, 1.54) is 12.8 Å². The predicted molar refractivity (Wildman–Crippen MR) is 63.4 cm³/mol. The van der Waals surface area contributed by atoms with Gasteiger partial charge < -0.3 is 10.0 Å². The molecular weight excluding hydrogens is 202 g/mol. The molecule has 0 spiro atoms. The van der Waals surface area contributed by atoms with E-state index in [0.29, 0.717) is 0 Å². The molecule has 16 heavy (non-hydrogen) atoms. The first-order chi connectivity index (χ1) is 7.62. The fourth-order valence-electron chi connectivity index (χ4n) is 3.23. The zero-order chi connectivity index (χ0) is 11.6. The van der Waals surface area contributed by atoms with Gasteiger partial charge in [-0.05, 0) is 18.8 Å². The molecule has 0 aromatic carbocycles. The van der Waals surface area contributed by atoms with Crippen molar-refractivity contribution in [2.45, 2.75) is 45.4 Å². The smallest absolute Gasteiger partial charge is 0.310 e. The van der Waals surface area contributed by atoms with Gasteiger partial charge in [-0.2, -0.15) is 0 Å². The van der Waals surface area contributed by atoms with Crippen LogP contribution in [0.4, 0.5) is 0 Å². The van der Waals surface area contributed by atoms with E-state index in [1.807, 2.05) is 0 Å². The predicted octanol–water partition coefficient (Wildman–Crippen LogP) is 2.36. The minimum absolute atomic E-state index is 0.434. The van der Waals surface area contributed by atoms with Crippen molar-refractivity contribution in [1.29, 1.82) is 0 Å². The van der Waals surface area contributed by atoms with Gasteiger partial charge in [-0.1, -0.05) is 32.6 Å². The lowest BCUT2D eigenvalue weighted by Gasteiger charge is -2.42. The summed E-state index contributed by atoms with van der Waals surface area (Å²) >= 11 is 0. The quantitative estimate of drug-likeness (QED) is 0.750. The molecule has 0 aromatic heterocycles. The average Bonchev–Trinajstić information content (AvgIpc) is 2.42. The fourth-order valence-corrected chi connectivity index (χ4v) is 3.23. The van der Waals surface area contributed by atoms with E-state index in [9.17, 15) is 9.90 Å². The number of nitrogens with zero attached hydrogens (tertiary/aromatic N) is 1. The molecule has 92 valence electrons. The van der Waals surface area contributed by atoms with Crippen LogP contribution in [0.1, 0.15) is 45.4 Å². The highest BCUT2D eigenvalue weighted by Crippen LogP contribution is 2.37. The topological polar surface area (TPSA) is 40.5 Å². The SMILES string of the molecule is CC1CN(CC2(C(=O)O)CCCCCC2)C1. The second-order valence-corrected chi connectivity index (χ2v) is 5.80. The summed E-state index contributed by atoms with van der Waals surface area (Å²) in [5.74, 6) is 0.200. The first-order valence-electron chi connectivity index (χ1n) is 6.58. The second kappa shape index (κ2) is 4.74. The zero-order valence-corrected chi connectivity index (χ0v) is 10.2. The van der Waals surface area contributed by atoms with Crippen LogP contribution in [0.25, 0.3) is 0 Å². The van der Waals surface area contributed by atoms with Crippen LogP contribution in [0.5, 0.6) is 0 Å². The number of hydrogen-bond acceptors (Lipinski definition) is 2. The van der Waals surface area contributed by atoms with Crippen molar-refractivity contribution in [3.8, 4) is 0 Å². The Hall–Kier alpha value is -0.570. The van der Waals surface area contributed by atoms with Crippen LogP contribution in [0, 0.1) is 11.3 Å². The van der Waals surface area contributed by atoms with Crippen molar-refractivity contribution in [3.63, 3.8) is 0 Å². The van der Waals surface area contributed by atoms with Crippen LogP contribution in [0.15, 0.2) is 0 Å². The third-order valence-corrected chi connectivity index (χ3v) is 4.18. The van der Waals surface area contributed by atoms with E-state index in [4.69, 9.17) is 0 Å². The maximum Gasteiger partial charge on any atom is 0.310 e. The monoisotopic (exact) mass is 225 g/mol. The maximum absolute atomic E-state index is 11.6. The number of carbonyl (C=O) groups is 1. The second-order valence-electron chi connectivity index (χ2n) is 5.80. The Morgan fingerprint density at radius 2 is 1.81 bits per heavy atom. The van der Waals surface area contributed by atoms with Gasteiger partial charge in [-0.15, -0.1) is 0 Å². The minimum atomic E-state index is -0.561. The Morgan fingerprint density at radius 3 is 2.25 bits per heavy atom. The number of hydrogen-bond donors (Lipinski definition) is 1. The molecule has 0 radical (unpaired) electrons. The highest BCUT2D eigenvalue weighted by Gasteiger charge is 2.41. The summed E-state index contributed by atoms with van der Waals surface area (Å²) in [6.45, 7) is 5.20. The highest BCUT2D eigenvalue weighted by molar-refractivity contribution is 5.75. The molecule has 3 nitrogen and oxygen atoms in total. The number of carboxylic acid groups (broad SMARTS) is 1. The standard InChI is InChI=1S/C13H23NO2/c1-11-8-14(9-11)10-13(12(15)16)6-4-2-3-5-7-13/h11H,2-10H2,1H3,(H,15,16). The van der Waals surface area contributed by atoms with Gasteiger partial charge in [0.2, 0.25) is 0 Å². The van der Waals surface area contributed by atoms with Crippen LogP contribution in [0.3, 0.4) is 0 Å². The molecular formula is C13H23NO2. The van der Waals surface area contributed by atoms with Crippen LogP contribution >= 0.6 is 0 Å². The Balaban J connectivity index is 1.99. The Morgan fingerprint density at radius 1 is 1.25 bits per heavy atom. The zero-order valence-electron chi connectivity index (χ0n) is 10.2. The van der Waals surface area contributed by atoms with Crippen molar-refractivity contribution in [2.75, 3.05) is 19.6 Å². The molecule has 2 fully saturated rings. The summed E-state index contributed by atoms with van der Waals surface area (Å²) in [6.07, 6.45) is 6.38. The summed E-state index contributed by atoms with van der Waals surface area (Å²) < 4.78 is 0. The Labute approximate surface area is 97.8 Å². The molecule has 1 heterocycles.